The number of rotatable bonds is 6. The maximum atomic E-state index is 13.4. The fourth-order valence-corrected chi connectivity index (χ4v) is 4.00. The van der Waals surface area contributed by atoms with Crippen molar-refractivity contribution >= 4 is 27.2 Å². The number of pyridine rings is 1. The minimum Gasteiger partial charge on any atom is -0.360 e. The second-order valence-electron chi connectivity index (χ2n) is 7.14. The Kier molecular flexibility index (Phi) is 5.88. The minimum absolute atomic E-state index is 0.291. The molecule has 0 fully saturated rings. The summed E-state index contributed by atoms with van der Waals surface area (Å²) in [5.74, 6) is -0.529. The highest BCUT2D eigenvalue weighted by molar-refractivity contribution is 7.18. The molecule has 0 spiro atoms. The van der Waals surface area contributed by atoms with Crippen LogP contribution in [0.3, 0.4) is 0 Å². The van der Waals surface area contributed by atoms with Crippen molar-refractivity contribution in [2.24, 2.45) is 5.73 Å². The van der Waals surface area contributed by atoms with Crippen molar-refractivity contribution in [3.8, 4) is 10.4 Å². The van der Waals surface area contributed by atoms with Gasteiger partial charge < -0.3 is 11.1 Å². The zero-order valence-electron chi connectivity index (χ0n) is 16.2. The topological polar surface area (TPSA) is 63.8 Å². The molecule has 0 aliphatic rings. The molecule has 2 aromatic heterocycles. The van der Waals surface area contributed by atoms with Crippen LogP contribution in [0.5, 0.6) is 0 Å². The highest BCUT2D eigenvalue weighted by atomic mass is 32.1. The molecule has 0 amide bonds. The Morgan fingerprint density at radius 3 is 2.48 bits per heavy atom. The molecular weight excluding hydrogens is 428 g/mol. The second-order valence-corrected chi connectivity index (χ2v) is 8.17. The second kappa shape index (κ2) is 8.60. The number of benzene rings is 2. The summed E-state index contributed by atoms with van der Waals surface area (Å²) in [5.41, 5.74) is 7.10. The number of nitrogens with two attached hydrogens (primary N) is 1. The molecule has 1 atom stereocenters. The third kappa shape index (κ3) is 5.18. The molecule has 2 aromatic carbocycles. The number of aromatic nitrogens is 2. The minimum atomic E-state index is -4.35. The van der Waals surface area contributed by atoms with Crippen molar-refractivity contribution < 1.29 is 17.6 Å². The van der Waals surface area contributed by atoms with Gasteiger partial charge >= 0.3 is 6.18 Å². The summed E-state index contributed by atoms with van der Waals surface area (Å²) in [6, 6.07) is 11.8. The van der Waals surface area contributed by atoms with Crippen LogP contribution in [0.4, 0.5) is 22.7 Å². The number of halogens is 4. The number of nitrogens with one attached hydrogen (secondary N) is 1. The first kappa shape index (κ1) is 21.2. The first-order chi connectivity index (χ1) is 14.8. The van der Waals surface area contributed by atoms with E-state index in [0.717, 1.165) is 38.9 Å². The summed E-state index contributed by atoms with van der Waals surface area (Å²) in [5, 5.41) is 5.45. The van der Waals surface area contributed by atoms with Gasteiger partial charge in [-0.3, -0.25) is 0 Å². The molecule has 9 heteroatoms. The predicted molar refractivity (Wildman–Crippen MR) is 114 cm³/mol. The van der Waals surface area contributed by atoms with Crippen LogP contribution in [0.1, 0.15) is 11.1 Å². The van der Waals surface area contributed by atoms with E-state index < -0.39 is 17.7 Å². The van der Waals surface area contributed by atoms with Crippen LogP contribution in [-0.2, 0) is 12.6 Å². The largest absolute Gasteiger partial charge is 0.416 e. The third-order valence-electron chi connectivity index (χ3n) is 4.77. The molecule has 0 radical (unpaired) electrons. The van der Waals surface area contributed by atoms with Crippen molar-refractivity contribution in [2.75, 3.05) is 11.9 Å². The Morgan fingerprint density at radius 1 is 0.968 bits per heavy atom. The number of thiazole rings is 1. The van der Waals surface area contributed by atoms with Crippen molar-refractivity contribution in [3.63, 3.8) is 0 Å². The molecule has 0 aliphatic carbocycles. The summed E-state index contributed by atoms with van der Waals surface area (Å²) in [6.07, 6.45) is -0.687. The highest BCUT2D eigenvalue weighted by Gasteiger charge is 2.29. The van der Waals surface area contributed by atoms with E-state index in [0.29, 0.717) is 18.1 Å². The predicted octanol–water partition coefficient (Wildman–Crippen LogP) is 5.50. The summed E-state index contributed by atoms with van der Waals surface area (Å²) in [7, 11) is 0. The van der Waals surface area contributed by atoms with Gasteiger partial charge in [-0.15, -0.1) is 0 Å². The van der Waals surface area contributed by atoms with E-state index in [1.807, 2.05) is 18.2 Å². The van der Waals surface area contributed by atoms with Gasteiger partial charge in [0.2, 0.25) is 5.95 Å². The summed E-state index contributed by atoms with van der Waals surface area (Å²) in [4.78, 5) is 8.91. The van der Waals surface area contributed by atoms with E-state index >= 15 is 0 Å². The Labute approximate surface area is 179 Å². The molecule has 4 rings (SSSR count). The number of anilines is 1. The van der Waals surface area contributed by atoms with Crippen LogP contribution < -0.4 is 11.1 Å². The molecule has 2 heterocycles. The standard InChI is InChI=1S/C22H18F4N4S/c23-20-9-16-8-14(3-4-15(16)10-28-20)19-12-30-21(31-19)29-11-18(27)7-13-1-5-17(6-2-13)22(24,25)26/h1-6,8-10,12,18H,7,11,27H2,(H,29,30)/t18-/m1/s1. The van der Waals surface area contributed by atoms with Gasteiger partial charge in [-0.1, -0.05) is 35.6 Å². The number of hydrogen-bond donors (Lipinski definition) is 2. The highest BCUT2D eigenvalue weighted by Crippen LogP contribution is 2.31. The number of alkyl halides is 3. The average molecular weight is 446 g/mol. The van der Waals surface area contributed by atoms with E-state index in [1.165, 1.54) is 35.7 Å². The molecule has 160 valence electrons. The molecule has 31 heavy (non-hydrogen) atoms. The van der Waals surface area contributed by atoms with Gasteiger partial charge in [0.05, 0.1) is 10.4 Å². The van der Waals surface area contributed by atoms with Crippen LogP contribution in [0.2, 0.25) is 0 Å². The van der Waals surface area contributed by atoms with Crippen molar-refractivity contribution in [1.82, 2.24) is 9.97 Å². The average Bonchev–Trinajstić information content (AvgIpc) is 3.20. The smallest absolute Gasteiger partial charge is 0.360 e. The van der Waals surface area contributed by atoms with Crippen LogP contribution >= 0.6 is 11.3 Å². The van der Waals surface area contributed by atoms with E-state index in [2.05, 4.69) is 15.3 Å². The van der Waals surface area contributed by atoms with Crippen LogP contribution in [-0.4, -0.2) is 22.6 Å². The first-order valence-corrected chi connectivity index (χ1v) is 10.3. The third-order valence-corrected chi connectivity index (χ3v) is 5.78. The van der Waals surface area contributed by atoms with E-state index in [9.17, 15) is 17.6 Å². The Hall–Kier alpha value is -3.04. The zero-order valence-corrected chi connectivity index (χ0v) is 17.0. The molecule has 4 aromatic rings. The van der Waals surface area contributed by atoms with E-state index in [-0.39, 0.29) is 6.04 Å². The van der Waals surface area contributed by atoms with Crippen molar-refractivity contribution in [3.05, 3.63) is 78.0 Å². The maximum absolute atomic E-state index is 13.4. The van der Waals surface area contributed by atoms with E-state index in [1.54, 1.807) is 6.20 Å². The Morgan fingerprint density at radius 2 is 1.74 bits per heavy atom. The normalized spacial score (nSPS) is 12.8. The lowest BCUT2D eigenvalue weighted by Gasteiger charge is -2.13. The summed E-state index contributed by atoms with van der Waals surface area (Å²) >= 11 is 1.44. The van der Waals surface area contributed by atoms with Crippen LogP contribution in [0.15, 0.2) is 60.9 Å². The number of nitrogens with zero attached hydrogens (tertiary/aromatic N) is 2. The number of hydrogen-bond acceptors (Lipinski definition) is 5. The van der Waals surface area contributed by atoms with Crippen molar-refractivity contribution in [2.45, 2.75) is 18.6 Å². The molecular formula is C22H18F4N4S. The van der Waals surface area contributed by atoms with E-state index in [4.69, 9.17) is 5.73 Å². The van der Waals surface area contributed by atoms with Gasteiger partial charge in [-0.05, 0) is 41.1 Å². The van der Waals surface area contributed by atoms with Gasteiger partial charge in [0.25, 0.3) is 0 Å². The molecule has 0 saturated heterocycles. The maximum Gasteiger partial charge on any atom is 0.416 e. The summed E-state index contributed by atoms with van der Waals surface area (Å²) in [6.45, 7) is 0.419. The molecule has 0 aliphatic heterocycles. The Bertz CT molecular complexity index is 1190. The van der Waals surface area contributed by atoms with Crippen molar-refractivity contribution in [1.29, 1.82) is 0 Å². The fourth-order valence-electron chi connectivity index (χ4n) is 3.18. The first-order valence-electron chi connectivity index (χ1n) is 9.45. The molecule has 0 unspecified atom stereocenters. The van der Waals surface area contributed by atoms with Gasteiger partial charge in [0, 0.05) is 36.4 Å². The lowest BCUT2D eigenvalue weighted by Crippen LogP contribution is -2.31. The molecule has 0 bridgehead atoms. The fraction of sp³-hybridized carbons (Fsp3) is 0.182. The monoisotopic (exact) mass is 446 g/mol. The van der Waals surface area contributed by atoms with Gasteiger partial charge in [0.15, 0.2) is 5.13 Å². The van der Waals surface area contributed by atoms with Crippen LogP contribution in [0, 0.1) is 5.95 Å². The summed E-state index contributed by atoms with van der Waals surface area (Å²) < 4.78 is 51.3. The Balaban J connectivity index is 1.37. The molecule has 0 saturated carbocycles. The SMILES string of the molecule is N[C@@H](CNc1ncc(-c2ccc3cnc(F)cc3c2)s1)Cc1ccc(C(F)(F)F)cc1. The van der Waals surface area contributed by atoms with Gasteiger partial charge in [-0.25, -0.2) is 9.97 Å². The van der Waals surface area contributed by atoms with Crippen LogP contribution in [0.25, 0.3) is 21.2 Å². The lowest BCUT2D eigenvalue weighted by molar-refractivity contribution is -0.137. The van der Waals surface area contributed by atoms with Gasteiger partial charge in [-0.2, -0.15) is 17.6 Å². The quantitative estimate of drug-likeness (QED) is 0.303. The molecule has 4 nitrogen and oxygen atoms in total. The van der Waals surface area contributed by atoms with Gasteiger partial charge in [0.1, 0.15) is 0 Å². The molecule has 3 N–H and O–H groups in total. The zero-order chi connectivity index (χ0) is 22.0. The number of fused-ring (bicyclic) bond motifs is 1. The lowest BCUT2D eigenvalue weighted by atomic mass is 10.0.